The van der Waals surface area contributed by atoms with Crippen molar-refractivity contribution < 1.29 is 4.74 Å². The SMILES string of the molecule is Clc1ccc(COc2ncccc2-c2csc(NC3=NCCCN3)n2)cc1Cl. The number of guanidine groups is 1. The first-order chi connectivity index (χ1) is 13.7. The van der Waals surface area contributed by atoms with Crippen LogP contribution in [0.2, 0.25) is 10.0 Å². The number of aromatic nitrogens is 2. The van der Waals surface area contributed by atoms with Crippen LogP contribution in [0.15, 0.2) is 46.9 Å². The summed E-state index contributed by atoms with van der Waals surface area (Å²) in [7, 11) is 0. The molecule has 0 amide bonds. The first-order valence-electron chi connectivity index (χ1n) is 8.72. The molecule has 1 aromatic carbocycles. The quantitative estimate of drug-likeness (QED) is 0.601. The van der Waals surface area contributed by atoms with Crippen molar-refractivity contribution in [2.45, 2.75) is 13.0 Å². The van der Waals surface area contributed by atoms with Crippen molar-refractivity contribution in [3.8, 4) is 17.1 Å². The average molecular weight is 434 g/mol. The van der Waals surface area contributed by atoms with Crippen LogP contribution in [-0.2, 0) is 6.61 Å². The number of hydrogen-bond acceptors (Lipinski definition) is 7. The largest absolute Gasteiger partial charge is 0.472 e. The number of nitrogens with zero attached hydrogens (tertiary/aromatic N) is 3. The van der Waals surface area contributed by atoms with Gasteiger partial charge in [-0.15, -0.1) is 11.3 Å². The van der Waals surface area contributed by atoms with Gasteiger partial charge in [-0.1, -0.05) is 29.3 Å². The molecule has 2 aromatic heterocycles. The zero-order valence-corrected chi connectivity index (χ0v) is 17.1. The van der Waals surface area contributed by atoms with Gasteiger partial charge >= 0.3 is 0 Å². The molecule has 0 atom stereocenters. The molecule has 1 aliphatic heterocycles. The fourth-order valence-electron chi connectivity index (χ4n) is 2.65. The topological polar surface area (TPSA) is 71.4 Å². The molecule has 0 fully saturated rings. The summed E-state index contributed by atoms with van der Waals surface area (Å²) in [6, 6.07) is 9.21. The molecule has 6 nitrogen and oxygen atoms in total. The van der Waals surface area contributed by atoms with E-state index in [1.54, 1.807) is 18.3 Å². The lowest BCUT2D eigenvalue weighted by Gasteiger charge is -2.14. The summed E-state index contributed by atoms with van der Waals surface area (Å²) in [4.78, 5) is 13.4. The van der Waals surface area contributed by atoms with Gasteiger partial charge in [0.05, 0.1) is 21.3 Å². The maximum atomic E-state index is 6.07. The average Bonchev–Trinajstić information content (AvgIpc) is 3.18. The highest BCUT2D eigenvalue weighted by Gasteiger charge is 2.13. The molecule has 0 unspecified atom stereocenters. The Labute approximate surface area is 176 Å². The summed E-state index contributed by atoms with van der Waals surface area (Å²) < 4.78 is 5.93. The first-order valence-corrected chi connectivity index (χ1v) is 10.4. The fraction of sp³-hybridized carbons (Fsp3) is 0.211. The predicted molar refractivity (Wildman–Crippen MR) is 115 cm³/mol. The van der Waals surface area contributed by atoms with Gasteiger partial charge in [0.1, 0.15) is 6.61 Å². The van der Waals surface area contributed by atoms with Crippen LogP contribution in [0.25, 0.3) is 11.3 Å². The normalized spacial score (nSPS) is 13.6. The fourth-order valence-corrected chi connectivity index (χ4v) is 3.68. The Balaban J connectivity index is 1.49. The van der Waals surface area contributed by atoms with E-state index in [0.29, 0.717) is 22.5 Å². The second kappa shape index (κ2) is 8.77. The van der Waals surface area contributed by atoms with E-state index in [1.165, 1.54) is 11.3 Å². The van der Waals surface area contributed by atoms with Gasteiger partial charge in [0.15, 0.2) is 11.1 Å². The van der Waals surface area contributed by atoms with Crippen LogP contribution in [-0.4, -0.2) is 29.0 Å². The maximum Gasteiger partial charge on any atom is 0.223 e. The molecule has 0 saturated carbocycles. The number of anilines is 1. The molecule has 0 spiro atoms. The molecule has 0 aliphatic carbocycles. The van der Waals surface area contributed by atoms with Gasteiger partial charge in [-0.25, -0.2) is 9.97 Å². The Kier molecular flexibility index (Phi) is 5.95. The minimum absolute atomic E-state index is 0.330. The molecular formula is C19H17Cl2N5OS. The Hall–Kier alpha value is -2.35. The van der Waals surface area contributed by atoms with Gasteiger partial charge in [-0.2, -0.15) is 0 Å². The highest BCUT2D eigenvalue weighted by molar-refractivity contribution is 7.14. The second-order valence-corrected chi connectivity index (χ2v) is 7.74. The molecule has 2 N–H and O–H groups in total. The summed E-state index contributed by atoms with van der Waals surface area (Å²) in [5, 5.41) is 10.2. The molecule has 0 saturated heterocycles. The zero-order chi connectivity index (χ0) is 19.3. The summed E-state index contributed by atoms with van der Waals surface area (Å²) in [5.74, 6) is 1.27. The van der Waals surface area contributed by atoms with Gasteiger partial charge in [-0.05, 0) is 36.2 Å². The minimum atomic E-state index is 0.330. The second-order valence-electron chi connectivity index (χ2n) is 6.07. The molecule has 0 radical (unpaired) electrons. The monoisotopic (exact) mass is 433 g/mol. The van der Waals surface area contributed by atoms with Gasteiger partial charge in [0.2, 0.25) is 5.88 Å². The molecule has 28 heavy (non-hydrogen) atoms. The van der Waals surface area contributed by atoms with E-state index in [2.05, 4.69) is 25.6 Å². The van der Waals surface area contributed by atoms with Crippen molar-refractivity contribution in [1.29, 1.82) is 0 Å². The highest BCUT2D eigenvalue weighted by atomic mass is 35.5. The van der Waals surface area contributed by atoms with Crippen LogP contribution in [0.1, 0.15) is 12.0 Å². The van der Waals surface area contributed by atoms with E-state index in [1.807, 2.05) is 23.6 Å². The Morgan fingerprint density at radius 1 is 1.21 bits per heavy atom. The third kappa shape index (κ3) is 4.55. The van der Waals surface area contributed by atoms with Gasteiger partial charge in [0, 0.05) is 24.7 Å². The van der Waals surface area contributed by atoms with Gasteiger partial charge < -0.3 is 15.4 Å². The van der Waals surface area contributed by atoms with Crippen molar-refractivity contribution in [1.82, 2.24) is 15.3 Å². The maximum absolute atomic E-state index is 6.07. The third-order valence-corrected chi connectivity index (χ3v) is 5.53. The smallest absolute Gasteiger partial charge is 0.223 e. The lowest BCUT2D eigenvalue weighted by atomic mass is 10.2. The molecule has 4 rings (SSSR count). The van der Waals surface area contributed by atoms with E-state index >= 15 is 0 Å². The van der Waals surface area contributed by atoms with Crippen LogP contribution in [0, 0.1) is 0 Å². The Morgan fingerprint density at radius 3 is 2.96 bits per heavy atom. The van der Waals surface area contributed by atoms with Crippen LogP contribution in [0.3, 0.4) is 0 Å². The number of pyridine rings is 1. The van der Waals surface area contributed by atoms with Crippen LogP contribution >= 0.6 is 34.5 Å². The molecule has 3 aromatic rings. The first kappa shape index (κ1) is 19.0. The summed E-state index contributed by atoms with van der Waals surface area (Å²) in [6.07, 6.45) is 2.74. The highest BCUT2D eigenvalue weighted by Crippen LogP contribution is 2.31. The predicted octanol–water partition coefficient (Wildman–Crippen LogP) is 4.85. The molecule has 144 valence electrons. The van der Waals surface area contributed by atoms with E-state index in [0.717, 1.165) is 47.4 Å². The van der Waals surface area contributed by atoms with Crippen molar-refractivity contribution in [3.05, 3.63) is 57.5 Å². The Bertz CT molecular complexity index is 1010. The summed E-state index contributed by atoms with van der Waals surface area (Å²) in [5.41, 5.74) is 2.53. The van der Waals surface area contributed by atoms with E-state index in [4.69, 9.17) is 27.9 Å². The number of thiazole rings is 1. The number of aliphatic imine (C=N–C) groups is 1. The number of hydrogen-bond donors (Lipinski definition) is 2. The summed E-state index contributed by atoms with van der Waals surface area (Å²) in [6.45, 7) is 2.07. The molecule has 3 heterocycles. The summed E-state index contributed by atoms with van der Waals surface area (Å²) >= 11 is 13.5. The van der Waals surface area contributed by atoms with Gasteiger partial charge in [0.25, 0.3) is 0 Å². The van der Waals surface area contributed by atoms with E-state index in [9.17, 15) is 0 Å². The van der Waals surface area contributed by atoms with Crippen LogP contribution in [0.5, 0.6) is 5.88 Å². The van der Waals surface area contributed by atoms with Crippen LogP contribution < -0.4 is 15.4 Å². The molecule has 1 aliphatic rings. The van der Waals surface area contributed by atoms with E-state index in [-0.39, 0.29) is 0 Å². The zero-order valence-electron chi connectivity index (χ0n) is 14.8. The van der Waals surface area contributed by atoms with E-state index < -0.39 is 0 Å². The molecule has 9 heteroatoms. The third-order valence-electron chi connectivity index (χ3n) is 4.03. The molecular weight excluding hydrogens is 417 g/mol. The van der Waals surface area contributed by atoms with Gasteiger partial charge in [-0.3, -0.25) is 4.99 Å². The number of benzene rings is 1. The number of ether oxygens (including phenoxy) is 1. The minimum Gasteiger partial charge on any atom is -0.472 e. The lowest BCUT2D eigenvalue weighted by molar-refractivity contribution is 0.295. The van der Waals surface area contributed by atoms with Crippen molar-refractivity contribution in [3.63, 3.8) is 0 Å². The molecule has 0 bridgehead atoms. The number of nitrogens with one attached hydrogen (secondary N) is 2. The standard InChI is InChI=1S/C19H17Cl2N5OS/c20-14-5-4-12(9-15(14)21)10-27-17-13(3-1-6-22-17)16-11-28-19(25-16)26-18-23-7-2-8-24-18/h1,3-6,9,11H,2,7-8,10H2,(H2,23,24,25,26). The number of halogens is 2. The Morgan fingerprint density at radius 2 is 2.14 bits per heavy atom. The van der Waals surface area contributed by atoms with Crippen molar-refractivity contribution >= 4 is 45.6 Å². The van der Waals surface area contributed by atoms with Crippen molar-refractivity contribution in [2.75, 3.05) is 18.4 Å². The van der Waals surface area contributed by atoms with Crippen molar-refractivity contribution in [2.24, 2.45) is 4.99 Å². The van der Waals surface area contributed by atoms with Crippen LogP contribution in [0.4, 0.5) is 5.13 Å². The number of rotatable bonds is 5. The lowest BCUT2D eigenvalue weighted by Crippen LogP contribution is -2.35.